The lowest BCUT2D eigenvalue weighted by molar-refractivity contribution is -0.120. The van der Waals surface area contributed by atoms with Crippen LogP contribution in [0.3, 0.4) is 0 Å². The Bertz CT molecular complexity index is 1200. The Hall–Kier alpha value is -2.08. The molecule has 2 aromatic rings. The van der Waals surface area contributed by atoms with Gasteiger partial charge in [-0.25, -0.2) is 8.78 Å². The van der Waals surface area contributed by atoms with Crippen molar-refractivity contribution >= 4 is 29.0 Å². The molecule has 1 saturated heterocycles. The van der Waals surface area contributed by atoms with Crippen LogP contribution in [0.5, 0.6) is 0 Å². The van der Waals surface area contributed by atoms with Gasteiger partial charge in [-0.05, 0) is 48.8 Å². The Morgan fingerprint density at radius 1 is 1.26 bits per heavy atom. The zero-order chi connectivity index (χ0) is 28.3. The molecule has 1 aliphatic heterocycles. The van der Waals surface area contributed by atoms with Gasteiger partial charge in [0.1, 0.15) is 22.8 Å². The number of rotatable bonds is 10. The number of likely N-dealkylation sites (tertiary alicyclic amines) is 1. The zero-order valence-electron chi connectivity index (χ0n) is 21.9. The molecule has 2 aromatic carbocycles. The van der Waals surface area contributed by atoms with Gasteiger partial charge in [0.05, 0.1) is 36.4 Å². The molecule has 0 bridgehead atoms. The van der Waals surface area contributed by atoms with E-state index in [1.54, 1.807) is 11.0 Å². The van der Waals surface area contributed by atoms with Crippen LogP contribution < -0.4 is 0 Å². The van der Waals surface area contributed by atoms with Gasteiger partial charge in [0.2, 0.25) is 0 Å². The number of halogens is 4. The molecule has 0 radical (unpaired) electrons. The molecule has 0 aromatic heterocycles. The number of ketones is 1. The highest BCUT2D eigenvalue weighted by Crippen LogP contribution is 2.56. The number of hydrogen-bond donors (Lipinski definition) is 2. The van der Waals surface area contributed by atoms with Gasteiger partial charge < -0.3 is 10.2 Å². The van der Waals surface area contributed by atoms with Crippen LogP contribution >= 0.6 is 23.2 Å². The minimum Gasteiger partial charge on any atom is -0.394 e. The van der Waals surface area contributed by atoms with Gasteiger partial charge in [0, 0.05) is 29.1 Å². The molecule has 5 nitrogen and oxygen atoms in total. The molecule has 0 spiro atoms. The van der Waals surface area contributed by atoms with Crippen LogP contribution in [0.15, 0.2) is 36.4 Å². The molecule has 1 aliphatic rings. The lowest BCUT2D eigenvalue weighted by Gasteiger charge is -2.38. The molecule has 38 heavy (non-hydrogen) atoms. The van der Waals surface area contributed by atoms with E-state index in [-0.39, 0.29) is 64.9 Å². The minimum atomic E-state index is -1.54. The highest BCUT2D eigenvalue weighted by atomic mass is 35.5. The second kappa shape index (κ2) is 12.4. The van der Waals surface area contributed by atoms with Crippen molar-refractivity contribution < 1.29 is 23.8 Å². The Balaban J connectivity index is 2.16. The summed E-state index contributed by atoms with van der Waals surface area (Å²) in [6, 6.07) is 10.0. The number of hydrogen-bond acceptors (Lipinski definition) is 5. The van der Waals surface area contributed by atoms with Crippen molar-refractivity contribution in [3.05, 3.63) is 69.2 Å². The van der Waals surface area contributed by atoms with E-state index in [1.807, 2.05) is 20.8 Å². The second-order valence-electron chi connectivity index (χ2n) is 11.3. The first-order valence-corrected chi connectivity index (χ1v) is 13.4. The molecule has 4 atom stereocenters. The maximum absolute atomic E-state index is 15.6. The first-order chi connectivity index (χ1) is 17.8. The quantitative estimate of drug-likeness (QED) is 0.356. The Morgan fingerprint density at radius 2 is 1.97 bits per heavy atom. The van der Waals surface area contributed by atoms with Gasteiger partial charge in [0.25, 0.3) is 0 Å². The first kappa shape index (κ1) is 30.5. The summed E-state index contributed by atoms with van der Waals surface area (Å²) in [6.45, 7) is 5.83. The van der Waals surface area contributed by atoms with E-state index in [2.05, 4.69) is 6.07 Å². The van der Waals surface area contributed by atoms with Crippen LogP contribution in [0.25, 0.3) is 0 Å². The average molecular weight is 568 g/mol. The maximum Gasteiger partial charge on any atom is 0.146 e. The van der Waals surface area contributed by atoms with E-state index >= 15 is 8.78 Å². The number of carbonyl (C=O) groups is 1. The van der Waals surface area contributed by atoms with Gasteiger partial charge in [-0.1, -0.05) is 62.2 Å². The average Bonchev–Trinajstić information content (AvgIpc) is 3.12. The molecule has 9 heteroatoms. The van der Waals surface area contributed by atoms with Crippen molar-refractivity contribution in [1.82, 2.24) is 4.90 Å². The topological polar surface area (TPSA) is 84.6 Å². The van der Waals surface area contributed by atoms with Gasteiger partial charge in [-0.3, -0.25) is 9.69 Å². The van der Waals surface area contributed by atoms with Crippen LogP contribution in [-0.4, -0.2) is 46.7 Å². The SMILES string of the molecule is CC(C)(C)C[C@@H]1CN(CC(=O)CCC[C@H](O)CO)[C@H](c2cccc(Cl)c2F)[C@@]1(C#N)c1ccc(Cl)cc1F. The summed E-state index contributed by atoms with van der Waals surface area (Å²) >= 11 is 12.2. The van der Waals surface area contributed by atoms with E-state index in [0.717, 1.165) is 6.07 Å². The van der Waals surface area contributed by atoms with Crippen molar-refractivity contribution in [3.8, 4) is 6.07 Å². The van der Waals surface area contributed by atoms with E-state index in [4.69, 9.17) is 28.3 Å². The molecule has 1 heterocycles. The lowest BCUT2D eigenvalue weighted by atomic mass is 9.63. The van der Waals surface area contributed by atoms with Crippen molar-refractivity contribution in [2.24, 2.45) is 11.3 Å². The fourth-order valence-corrected chi connectivity index (χ4v) is 6.02. The summed E-state index contributed by atoms with van der Waals surface area (Å²) in [6.07, 6.45) is 0.370. The van der Waals surface area contributed by atoms with Crippen LogP contribution in [-0.2, 0) is 10.2 Å². The number of aliphatic hydroxyl groups is 2. The van der Waals surface area contributed by atoms with Gasteiger partial charge in [0.15, 0.2) is 0 Å². The minimum absolute atomic E-state index is 0.0921. The van der Waals surface area contributed by atoms with Gasteiger partial charge in [-0.2, -0.15) is 5.26 Å². The smallest absolute Gasteiger partial charge is 0.146 e. The fourth-order valence-electron chi connectivity index (χ4n) is 5.67. The highest BCUT2D eigenvalue weighted by molar-refractivity contribution is 6.31. The molecular formula is C29H34Cl2F2N2O3. The third kappa shape index (κ3) is 6.55. The number of nitriles is 1. The third-order valence-electron chi connectivity index (χ3n) is 7.18. The summed E-state index contributed by atoms with van der Waals surface area (Å²) in [5.74, 6) is -2.00. The summed E-state index contributed by atoms with van der Waals surface area (Å²) in [4.78, 5) is 14.8. The molecule has 2 N–H and O–H groups in total. The number of carbonyl (C=O) groups excluding carboxylic acids is 1. The number of nitrogens with zero attached hydrogens (tertiary/aromatic N) is 2. The Labute approximate surface area is 233 Å². The zero-order valence-corrected chi connectivity index (χ0v) is 23.4. The van der Waals surface area contributed by atoms with Crippen LogP contribution in [0, 0.1) is 34.3 Å². The van der Waals surface area contributed by atoms with Crippen LogP contribution in [0.2, 0.25) is 10.0 Å². The predicted octanol–water partition coefficient (Wildman–Crippen LogP) is 6.23. The van der Waals surface area contributed by atoms with E-state index in [0.29, 0.717) is 12.8 Å². The lowest BCUT2D eigenvalue weighted by Crippen LogP contribution is -2.40. The molecular weight excluding hydrogens is 533 g/mol. The molecule has 0 aliphatic carbocycles. The Kier molecular flexibility index (Phi) is 9.94. The summed E-state index contributed by atoms with van der Waals surface area (Å²) in [5, 5.41) is 29.5. The van der Waals surface area contributed by atoms with Crippen molar-refractivity contribution in [2.75, 3.05) is 19.7 Å². The molecule has 206 valence electrons. The fraction of sp³-hybridized carbons (Fsp3) is 0.517. The third-order valence-corrected chi connectivity index (χ3v) is 7.70. The maximum atomic E-state index is 15.6. The molecule has 0 amide bonds. The summed E-state index contributed by atoms with van der Waals surface area (Å²) in [5.41, 5.74) is -1.58. The van der Waals surface area contributed by atoms with E-state index < -0.39 is 35.1 Å². The molecule has 0 saturated carbocycles. The molecule has 1 fully saturated rings. The monoisotopic (exact) mass is 566 g/mol. The van der Waals surface area contributed by atoms with E-state index in [9.17, 15) is 15.2 Å². The van der Waals surface area contributed by atoms with Crippen LogP contribution in [0.1, 0.15) is 63.6 Å². The van der Waals surface area contributed by atoms with Crippen molar-refractivity contribution in [3.63, 3.8) is 0 Å². The number of aliphatic hydroxyl groups excluding tert-OH is 2. The van der Waals surface area contributed by atoms with Gasteiger partial charge >= 0.3 is 0 Å². The normalized spacial score (nSPS) is 22.8. The Morgan fingerprint density at radius 3 is 2.58 bits per heavy atom. The second-order valence-corrected chi connectivity index (χ2v) is 12.2. The van der Waals surface area contributed by atoms with Crippen molar-refractivity contribution in [2.45, 2.75) is 64.0 Å². The molecule has 0 unspecified atom stereocenters. The summed E-state index contributed by atoms with van der Waals surface area (Å²) < 4.78 is 31.2. The summed E-state index contributed by atoms with van der Waals surface area (Å²) in [7, 11) is 0. The number of Topliss-reactive ketones (excluding diaryl/α,β-unsaturated/α-hetero) is 1. The largest absolute Gasteiger partial charge is 0.394 e. The van der Waals surface area contributed by atoms with E-state index in [1.165, 1.54) is 24.3 Å². The van der Waals surface area contributed by atoms with Crippen molar-refractivity contribution in [1.29, 1.82) is 5.26 Å². The van der Waals surface area contributed by atoms with Gasteiger partial charge in [-0.15, -0.1) is 0 Å². The molecule has 3 rings (SSSR count). The predicted molar refractivity (Wildman–Crippen MR) is 144 cm³/mol. The first-order valence-electron chi connectivity index (χ1n) is 12.7. The highest BCUT2D eigenvalue weighted by Gasteiger charge is 2.58. The van der Waals surface area contributed by atoms with Crippen LogP contribution in [0.4, 0.5) is 8.78 Å². The standard InChI is InChI=1S/C29H34Cl2F2N2O3/c1-28(2,3)13-18-14-35(15-20(37)6-4-7-21(38)16-36)27(22-8-5-9-24(31)26(22)33)29(18,17-34)23-11-10-19(30)12-25(23)32/h5,8-12,18,21,27,36,38H,4,6-7,13-16H2,1-3H3/t18-,21+,27-,29-/m1/s1. The number of benzene rings is 2.